The monoisotopic (exact) mass is 243 g/mol. The van der Waals surface area contributed by atoms with Crippen molar-refractivity contribution in [3.8, 4) is 6.07 Å². The van der Waals surface area contributed by atoms with Crippen LogP contribution in [-0.2, 0) is 0 Å². The Morgan fingerprint density at radius 1 is 1.22 bits per heavy atom. The molecule has 5 nitrogen and oxygen atoms in total. The van der Waals surface area contributed by atoms with Crippen LogP contribution in [0.1, 0.15) is 25.0 Å². The Hall–Kier alpha value is -1.67. The quantitative estimate of drug-likeness (QED) is 0.795. The third-order valence-corrected chi connectivity index (χ3v) is 4.19. The largest absolute Gasteiger partial charge is 0.355 e. The molecule has 2 fully saturated rings. The van der Waals surface area contributed by atoms with Gasteiger partial charge in [-0.2, -0.15) is 5.26 Å². The van der Waals surface area contributed by atoms with Gasteiger partial charge in [-0.05, 0) is 49.9 Å². The number of hydrogen-bond acceptors (Lipinski definition) is 5. The van der Waals surface area contributed by atoms with Gasteiger partial charge in [-0.1, -0.05) is 0 Å². The summed E-state index contributed by atoms with van der Waals surface area (Å²) in [5.41, 5.74) is 0.857. The summed E-state index contributed by atoms with van der Waals surface area (Å²) in [7, 11) is 0. The first-order chi connectivity index (χ1) is 8.81. The minimum Gasteiger partial charge on any atom is -0.355 e. The smallest absolute Gasteiger partial charge is 0.163 e. The maximum absolute atomic E-state index is 8.72. The van der Waals surface area contributed by atoms with Crippen molar-refractivity contribution >= 4 is 5.82 Å². The predicted octanol–water partition coefficient (Wildman–Crippen LogP) is 0.928. The molecule has 2 aliphatic heterocycles. The van der Waals surface area contributed by atoms with Gasteiger partial charge in [0, 0.05) is 13.1 Å². The molecule has 0 saturated carbocycles. The molecule has 5 heteroatoms. The number of nitrogens with one attached hydrogen (secondary N) is 1. The fourth-order valence-corrected chi connectivity index (χ4v) is 3.05. The van der Waals surface area contributed by atoms with Crippen LogP contribution < -0.4 is 10.2 Å². The first-order valence-corrected chi connectivity index (χ1v) is 6.51. The van der Waals surface area contributed by atoms with Crippen molar-refractivity contribution in [3.05, 3.63) is 17.8 Å². The van der Waals surface area contributed by atoms with Gasteiger partial charge in [0.15, 0.2) is 11.5 Å². The third-order valence-electron chi connectivity index (χ3n) is 4.19. The molecule has 3 rings (SSSR count). The summed E-state index contributed by atoms with van der Waals surface area (Å²) in [5.74, 6) is 0.907. The molecular formula is C13H17N5. The molecule has 94 valence electrons. The van der Waals surface area contributed by atoms with Gasteiger partial charge in [-0.15, -0.1) is 10.2 Å². The molecule has 2 saturated heterocycles. The van der Waals surface area contributed by atoms with Crippen molar-refractivity contribution in [2.75, 3.05) is 31.1 Å². The summed E-state index contributed by atoms with van der Waals surface area (Å²) in [4.78, 5) is 2.31. The fraction of sp³-hybridized carbons (Fsp3) is 0.615. The van der Waals surface area contributed by atoms with Crippen LogP contribution in [0.4, 0.5) is 5.82 Å². The topological polar surface area (TPSA) is 64.8 Å². The standard InChI is InChI=1S/C13H17N5/c14-9-11-1-2-12(17-16-11)18-8-5-13(10-18)3-6-15-7-4-13/h1-2,15H,3-8,10H2. The van der Waals surface area contributed by atoms with Crippen molar-refractivity contribution in [3.63, 3.8) is 0 Å². The maximum atomic E-state index is 8.72. The second kappa shape index (κ2) is 4.54. The molecule has 0 radical (unpaired) electrons. The second-order valence-corrected chi connectivity index (χ2v) is 5.31. The molecular weight excluding hydrogens is 226 g/mol. The number of nitrogens with zero attached hydrogens (tertiary/aromatic N) is 4. The van der Waals surface area contributed by atoms with Gasteiger partial charge in [0.2, 0.25) is 0 Å². The summed E-state index contributed by atoms with van der Waals surface area (Å²) in [6.45, 7) is 4.40. The average Bonchev–Trinajstić information content (AvgIpc) is 2.83. The number of hydrogen-bond donors (Lipinski definition) is 1. The minimum atomic E-state index is 0.384. The summed E-state index contributed by atoms with van der Waals surface area (Å²) >= 11 is 0. The molecule has 0 bridgehead atoms. The van der Waals surface area contributed by atoms with Gasteiger partial charge < -0.3 is 10.2 Å². The van der Waals surface area contributed by atoms with Crippen LogP contribution in [0.5, 0.6) is 0 Å². The molecule has 0 amide bonds. The molecule has 0 aromatic carbocycles. The lowest BCUT2D eigenvalue weighted by molar-refractivity contribution is 0.232. The van der Waals surface area contributed by atoms with Crippen molar-refractivity contribution < 1.29 is 0 Å². The maximum Gasteiger partial charge on any atom is 0.163 e. The summed E-state index contributed by atoms with van der Waals surface area (Å²) < 4.78 is 0. The van der Waals surface area contributed by atoms with Crippen LogP contribution in [0, 0.1) is 16.7 Å². The van der Waals surface area contributed by atoms with E-state index in [1.165, 1.54) is 19.3 Å². The molecule has 3 heterocycles. The van der Waals surface area contributed by atoms with E-state index >= 15 is 0 Å². The highest BCUT2D eigenvalue weighted by Gasteiger charge is 2.39. The van der Waals surface area contributed by atoms with Gasteiger partial charge in [-0.3, -0.25) is 0 Å². The molecule has 18 heavy (non-hydrogen) atoms. The van der Waals surface area contributed by atoms with Crippen molar-refractivity contribution in [2.45, 2.75) is 19.3 Å². The number of rotatable bonds is 1. The van der Waals surface area contributed by atoms with Crippen LogP contribution >= 0.6 is 0 Å². The number of aromatic nitrogens is 2. The van der Waals surface area contributed by atoms with E-state index in [-0.39, 0.29) is 0 Å². The highest BCUT2D eigenvalue weighted by Crippen LogP contribution is 2.39. The van der Waals surface area contributed by atoms with Crippen molar-refractivity contribution in [1.82, 2.24) is 15.5 Å². The SMILES string of the molecule is N#Cc1ccc(N2CCC3(CCNCC3)C2)nn1. The molecule has 0 unspecified atom stereocenters. The molecule has 1 aromatic heterocycles. The zero-order valence-electron chi connectivity index (χ0n) is 10.4. The summed E-state index contributed by atoms with van der Waals surface area (Å²) in [5, 5.41) is 20.2. The normalized spacial score (nSPS) is 22.1. The van der Waals surface area contributed by atoms with Crippen LogP contribution in [0.2, 0.25) is 0 Å². The van der Waals surface area contributed by atoms with Crippen LogP contribution in [0.15, 0.2) is 12.1 Å². The Labute approximate surface area is 107 Å². The zero-order chi connectivity index (χ0) is 12.4. The summed E-state index contributed by atoms with van der Waals surface area (Å²) in [6.07, 6.45) is 3.76. The lowest BCUT2D eigenvalue weighted by atomic mass is 9.78. The first-order valence-electron chi connectivity index (χ1n) is 6.51. The Morgan fingerprint density at radius 3 is 2.72 bits per heavy atom. The van der Waals surface area contributed by atoms with Crippen LogP contribution in [-0.4, -0.2) is 36.4 Å². The van der Waals surface area contributed by atoms with Gasteiger partial charge in [-0.25, -0.2) is 0 Å². The molecule has 2 aliphatic rings. The molecule has 0 atom stereocenters. The molecule has 1 aromatic rings. The van der Waals surface area contributed by atoms with E-state index in [0.29, 0.717) is 11.1 Å². The Bertz CT molecular complexity index is 455. The predicted molar refractivity (Wildman–Crippen MR) is 68.1 cm³/mol. The van der Waals surface area contributed by atoms with E-state index in [1.807, 2.05) is 12.1 Å². The van der Waals surface area contributed by atoms with Gasteiger partial charge in [0.05, 0.1) is 0 Å². The summed E-state index contributed by atoms with van der Waals surface area (Å²) in [6, 6.07) is 5.66. The van der Waals surface area contributed by atoms with E-state index in [4.69, 9.17) is 5.26 Å². The van der Waals surface area contributed by atoms with Gasteiger partial charge >= 0.3 is 0 Å². The molecule has 0 aliphatic carbocycles. The van der Waals surface area contributed by atoms with Crippen molar-refractivity contribution in [1.29, 1.82) is 5.26 Å². The van der Waals surface area contributed by atoms with E-state index in [2.05, 4.69) is 20.4 Å². The Kier molecular flexibility index (Phi) is 2.88. The van der Waals surface area contributed by atoms with E-state index < -0.39 is 0 Å². The number of nitriles is 1. The first kappa shape index (κ1) is 11.4. The lowest BCUT2D eigenvalue weighted by Gasteiger charge is -2.33. The van der Waals surface area contributed by atoms with E-state index in [9.17, 15) is 0 Å². The highest BCUT2D eigenvalue weighted by molar-refractivity contribution is 5.40. The van der Waals surface area contributed by atoms with Crippen LogP contribution in [0.3, 0.4) is 0 Å². The second-order valence-electron chi connectivity index (χ2n) is 5.31. The van der Waals surface area contributed by atoms with Gasteiger partial charge in [0.25, 0.3) is 0 Å². The fourth-order valence-electron chi connectivity index (χ4n) is 3.05. The average molecular weight is 243 g/mol. The Morgan fingerprint density at radius 2 is 2.06 bits per heavy atom. The highest BCUT2D eigenvalue weighted by atomic mass is 15.3. The minimum absolute atomic E-state index is 0.384. The van der Waals surface area contributed by atoms with Gasteiger partial charge in [0.1, 0.15) is 6.07 Å². The number of anilines is 1. The molecule has 1 spiro atoms. The van der Waals surface area contributed by atoms with E-state index in [1.54, 1.807) is 6.07 Å². The van der Waals surface area contributed by atoms with E-state index in [0.717, 1.165) is 32.0 Å². The van der Waals surface area contributed by atoms with Crippen LogP contribution in [0.25, 0.3) is 0 Å². The molecule has 1 N–H and O–H groups in total. The third kappa shape index (κ3) is 2.04. The Balaban J connectivity index is 1.72. The zero-order valence-corrected chi connectivity index (χ0v) is 10.4. The lowest BCUT2D eigenvalue weighted by Crippen LogP contribution is -2.38. The number of piperidine rings is 1. The van der Waals surface area contributed by atoms with Crippen molar-refractivity contribution in [2.24, 2.45) is 5.41 Å².